The summed E-state index contributed by atoms with van der Waals surface area (Å²) in [5, 5.41) is 13.0. The number of aliphatic hydroxyl groups excluding tert-OH is 1. The summed E-state index contributed by atoms with van der Waals surface area (Å²) in [7, 11) is 0. The predicted molar refractivity (Wildman–Crippen MR) is 61.2 cm³/mol. The normalized spacial score (nSPS) is 26.9. The first-order chi connectivity index (χ1) is 8.99. The van der Waals surface area contributed by atoms with Crippen molar-refractivity contribution in [3.8, 4) is 0 Å². The van der Waals surface area contributed by atoms with Crippen molar-refractivity contribution in [1.82, 2.24) is 14.6 Å². The molecule has 1 fully saturated rings. The molecule has 2 aromatic heterocycles. The number of alkyl halides is 1. The molecule has 1 aliphatic heterocycles. The van der Waals surface area contributed by atoms with Gasteiger partial charge >= 0.3 is 6.08 Å². The highest BCUT2D eigenvalue weighted by Crippen LogP contribution is 2.37. The fourth-order valence-corrected chi connectivity index (χ4v) is 2.09. The van der Waals surface area contributed by atoms with E-state index in [-0.39, 0.29) is 17.3 Å². The topological polar surface area (TPSA) is 85.7 Å². The van der Waals surface area contributed by atoms with Crippen molar-refractivity contribution in [3.05, 3.63) is 36.2 Å². The molecule has 8 heteroatoms. The van der Waals surface area contributed by atoms with Gasteiger partial charge in [0.25, 0.3) is 0 Å². The molecule has 0 spiro atoms. The number of aromatic nitrogens is 3. The molecule has 1 aliphatic rings. The van der Waals surface area contributed by atoms with Crippen LogP contribution in [0.4, 0.5) is 14.6 Å². The molecule has 1 saturated heterocycles. The number of nitrogens with two attached hydrogens (primary N) is 1. The van der Waals surface area contributed by atoms with Gasteiger partial charge in [-0.1, -0.05) is 6.58 Å². The Morgan fingerprint density at radius 2 is 2.21 bits per heavy atom. The van der Waals surface area contributed by atoms with Gasteiger partial charge in [0.05, 0.1) is 5.69 Å². The maximum atomic E-state index is 13.9. The third kappa shape index (κ3) is 1.64. The first-order valence-electron chi connectivity index (χ1n) is 5.47. The SMILES string of the molecule is C=C1OC(c2ccc3c(N)nc(F)nn23)[C@H](F)[C@@H]1O. The number of rotatable bonds is 1. The van der Waals surface area contributed by atoms with E-state index >= 15 is 0 Å². The lowest BCUT2D eigenvalue weighted by Gasteiger charge is -2.12. The Kier molecular flexibility index (Phi) is 2.42. The summed E-state index contributed by atoms with van der Waals surface area (Å²) in [5.41, 5.74) is 6.11. The minimum atomic E-state index is -1.70. The number of hydrogen-bond acceptors (Lipinski definition) is 5. The van der Waals surface area contributed by atoms with E-state index in [0.29, 0.717) is 5.52 Å². The summed E-state index contributed by atoms with van der Waals surface area (Å²) in [6, 6.07) is 3.01. The van der Waals surface area contributed by atoms with Gasteiger partial charge < -0.3 is 15.6 Å². The number of ether oxygens (including phenoxy) is 1. The fraction of sp³-hybridized carbons (Fsp3) is 0.273. The summed E-state index contributed by atoms with van der Waals surface area (Å²) >= 11 is 0. The lowest BCUT2D eigenvalue weighted by atomic mass is 10.1. The molecule has 0 radical (unpaired) electrons. The quantitative estimate of drug-likeness (QED) is 0.796. The minimum absolute atomic E-state index is 0.0634. The van der Waals surface area contributed by atoms with Crippen molar-refractivity contribution in [3.63, 3.8) is 0 Å². The van der Waals surface area contributed by atoms with Crippen molar-refractivity contribution in [2.45, 2.75) is 18.4 Å². The van der Waals surface area contributed by atoms with Crippen molar-refractivity contribution in [1.29, 1.82) is 0 Å². The van der Waals surface area contributed by atoms with Crippen LogP contribution in [-0.2, 0) is 4.74 Å². The third-order valence-electron chi connectivity index (χ3n) is 3.03. The first-order valence-corrected chi connectivity index (χ1v) is 5.47. The van der Waals surface area contributed by atoms with Crippen LogP contribution >= 0.6 is 0 Å². The second-order valence-electron chi connectivity index (χ2n) is 4.22. The fourth-order valence-electron chi connectivity index (χ4n) is 2.09. The number of aliphatic hydroxyl groups is 1. The van der Waals surface area contributed by atoms with Gasteiger partial charge in [-0.3, -0.25) is 0 Å². The second kappa shape index (κ2) is 3.89. The average molecular weight is 268 g/mol. The van der Waals surface area contributed by atoms with Gasteiger partial charge in [-0.25, -0.2) is 8.91 Å². The molecule has 2 aromatic rings. The molecule has 6 nitrogen and oxygen atoms in total. The summed E-state index contributed by atoms with van der Waals surface area (Å²) in [4.78, 5) is 3.37. The Balaban J connectivity index is 2.14. The molecule has 0 aliphatic carbocycles. The van der Waals surface area contributed by atoms with Crippen LogP contribution in [0, 0.1) is 6.08 Å². The molecule has 0 bridgehead atoms. The zero-order chi connectivity index (χ0) is 13.7. The number of nitrogens with zero attached hydrogens (tertiary/aromatic N) is 3. The highest BCUT2D eigenvalue weighted by molar-refractivity contribution is 5.65. The van der Waals surface area contributed by atoms with Crippen LogP contribution in [0.3, 0.4) is 0 Å². The molecular formula is C11H10F2N4O2. The molecule has 19 heavy (non-hydrogen) atoms. The van der Waals surface area contributed by atoms with Gasteiger partial charge in [-0.2, -0.15) is 9.37 Å². The summed E-state index contributed by atoms with van der Waals surface area (Å²) in [5.74, 6) is -0.138. The van der Waals surface area contributed by atoms with Gasteiger partial charge in [-0.15, -0.1) is 5.10 Å². The average Bonchev–Trinajstić information content (AvgIpc) is 2.86. The highest BCUT2D eigenvalue weighted by Gasteiger charge is 2.42. The summed E-state index contributed by atoms with van der Waals surface area (Å²) in [6.07, 6.45) is -5.27. The van der Waals surface area contributed by atoms with Crippen LogP contribution in [0.25, 0.3) is 5.52 Å². The summed E-state index contributed by atoms with van der Waals surface area (Å²) < 4.78 is 33.3. The Labute approximate surface area is 106 Å². The lowest BCUT2D eigenvalue weighted by Crippen LogP contribution is -2.21. The van der Waals surface area contributed by atoms with E-state index in [4.69, 9.17) is 10.5 Å². The van der Waals surface area contributed by atoms with Crippen LogP contribution < -0.4 is 5.73 Å². The van der Waals surface area contributed by atoms with Crippen LogP contribution in [0.15, 0.2) is 24.5 Å². The number of hydrogen-bond donors (Lipinski definition) is 2. The zero-order valence-electron chi connectivity index (χ0n) is 9.62. The maximum absolute atomic E-state index is 13.9. The second-order valence-corrected chi connectivity index (χ2v) is 4.22. The van der Waals surface area contributed by atoms with E-state index < -0.39 is 24.5 Å². The molecule has 3 rings (SSSR count). The van der Waals surface area contributed by atoms with E-state index in [1.165, 1.54) is 12.1 Å². The highest BCUT2D eigenvalue weighted by atomic mass is 19.1. The molecule has 0 aromatic carbocycles. The number of anilines is 1. The van der Waals surface area contributed by atoms with Crippen LogP contribution in [0.5, 0.6) is 0 Å². The third-order valence-corrected chi connectivity index (χ3v) is 3.03. The Bertz CT molecular complexity index is 672. The monoisotopic (exact) mass is 268 g/mol. The molecule has 3 N–H and O–H groups in total. The van der Waals surface area contributed by atoms with Crippen LogP contribution in [0.1, 0.15) is 11.8 Å². The number of nitrogen functional groups attached to an aromatic ring is 1. The summed E-state index contributed by atoms with van der Waals surface area (Å²) in [6.45, 7) is 3.41. The Morgan fingerprint density at radius 1 is 1.47 bits per heavy atom. The van der Waals surface area contributed by atoms with Gasteiger partial charge in [-0.05, 0) is 12.1 Å². The molecule has 3 heterocycles. The maximum Gasteiger partial charge on any atom is 0.327 e. The van der Waals surface area contributed by atoms with Gasteiger partial charge in [0.1, 0.15) is 17.4 Å². The number of fused-ring (bicyclic) bond motifs is 1. The van der Waals surface area contributed by atoms with E-state index in [9.17, 15) is 13.9 Å². The van der Waals surface area contributed by atoms with Crippen molar-refractivity contribution < 1.29 is 18.6 Å². The lowest BCUT2D eigenvalue weighted by molar-refractivity contribution is 0.0856. The zero-order valence-corrected chi connectivity index (χ0v) is 9.62. The van der Waals surface area contributed by atoms with Gasteiger partial charge in [0.15, 0.2) is 18.1 Å². The minimum Gasteiger partial charge on any atom is -0.483 e. The largest absolute Gasteiger partial charge is 0.483 e. The van der Waals surface area contributed by atoms with Crippen molar-refractivity contribution in [2.75, 3.05) is 5.73 Å². The smallest absolute Gasteiger partial charge is 0.327 e. The molecule has 100 valence electrons. The molecule has 3 atom stereocenters. The first kappa shape index (κ1) is 11.8. The van der Waals surface area contributed by atoms with E-state index in [2.05, 4.69) is 16.7 Å². The van der Waals surface area contributed by atoms with E-state index in [0.717, 1.165) is 4.52 Å². The van der Waals surface area contributed by atoms with Crippen molar-refractivity contribution in [2.24, 2.45) is 0 Å². The molecular weight excluding hydrogens is 258 g/mol. The molecule has 0 saturated carbocycles. The van der Waals surface area contributed by atoms with Gasteiger partial charge in [0.2, 0.25) is 0 Å². The van der Waals surface area contributed by atoms with Gasteiger partial charge in [0, 0.05) is 0 Å². The Hall–Kier alpha value is -2.22. The molecule has 0 amide bonds. The standard InChI is InChI=1S/C11H10F2N4O2/c1-4-8(18)7(12)9(19-4)5-2-3-6-10(14)15-11(13)16-17(5)6/h2-3,7-9,18H,1H2,(H2,14,15,16)/t7-,8-,9?/m1/s1. The van der Waals surface area contributed by atoms with E-state index in [1.54, 1.807) is 0 Å². The van der Waals surface area contributed by atoms with E-state index in [1.807, 2.05) is 0 Å². The predicted octanol–water partition coefficient (Wildman–Crippen LogP) is 0.735. The van der Waals surface area contributed by atoms with Crippen molar-refractivity contribution >= 4 is 11.3 Å². The molecule has 1 unspecified atom stereocenters. The number of halogens is 2. The van der Waals surface area contributed by atoms with Crippen LogP contribution in [-0.4, -0.2) is 32.0 Å². The van der Waals surface area contributed by atoms with Crippen LogP contribution in [0.2, 0.25) is 0 Å². The Morgan fingerprint density at radius 3 is 2.84 bits per heavy atom.